The standard InChI is InChI=1S/C16H20N4O3/c1-11(21)19-14(10-12-6-3-2-4-7-12)16(23)20-13(15(18)22)8-5-9-17/h2-4,6-7,13-14H,5,8,10H2,1H3,(H2,18,22)(H,19,21)(H,20,23)/t13-,14+/m0/s1. The van der Waals surface area contributed by atoms with Crippen LogP contribution >= 0.6 is 0 Å². The first-order valence-corrected chi connectivity index (χ1v) is 7.21. The zero-order valence-corrected chi connectivity index (χ0v) is 12.9. The molecule has 0 spiro atoms. The minimum atomic E-state index is -0.936. The second kappa shape index (κ2) is 9.20. The van der Waals surface area contributed by atoms with E-state index in [1.807, 2.05) is 36.4 Å². The van der Waals surface area contributed by atoms with Gasteiger partial charge in [-0.1, -0.05) is 30.3 Å². The number of amides is 3. The third kappa shape index (κ3) is 6.61. The molecule has 23 heavy (non-hydrogen) atoms. The summed E-state index contributed by atoms with van der Waals surface area (Å²) in [5.41, 5.74) is 6.10. The van der Waals surface area contributed by atoms with Gasteiger partial charge in [0.2, 0.25) is 17.7 Å². The molecule has 1 rings (SSSR count). The number of carbonyl (C=O) groups excluding carboxylic acids is 3. The van der Waals surface area contributed by atoms with Gasteiger partial charge in [0.05, 0.1) is 6.07 Å². The molecule has 0 aliphatic carbocycles. The largest absolute Gasteiger partial charge is 0.368 e. The van der Waals surface area contributed by atoms with Gasteiger partial charge in [-0.25, -0.2) is 0 Å². The minimum absolute atomic E-state index is 0.0946. The zero-order chi connectivity index (χ0) is 17.2. The van der Waals surface area contributed by atoms with Crippen LogP contribution in [0.15, 0.2) is 30.3 Å². The first-order chi connectivity index (χ1) is 10.9. The lowest BCUT2D eigenvalue weighted by Gasteiger charge is -2.21. The van der Waals surface area contributed by atoms with E-state index in [0.717, 1.165) is 5.56 Å². The quantitative estimate of drug-likeness (QED) is 0.624. The Hall–Kier alpha value is -2.88. The summed E-state index contributed by atoms with van der Waals surface area (Å²) < 4.78 is 0. The van der Waals surface area contributed by atoms with Crippen LogP contribution in [0.25, 0.3) is 0 Å². The molecular formula is C16H20N4O3. The number of primary amides is 1. The van der Waals surface area contributed by atoms with Crippen molar-refractivity contribution >= 4 is 17.7 Å². The molecule has 0 unspecified atom stereocenters. The van der Waals surface area contributed by atoms with E-state index in [4.69, 9.17) is 11.0 Å². The molecule has 0 aliphatic rings. The predicted molar refractivity (Wildman–Crippen MR) is 83.7 cm³/mol. The molecule has 0 fully saturated rings. The Labute approximate surface area is 134 Å². The highest BCUT2D eigenvalue weighted by atomic mass is 16.2. The highest BCUT2D eigenvalue weighted by molar-refractivity contribution is 5.91. The number of hydrogen-bond acceptors (Lipinski definition) is 4. The van der Waals surface area contributed by atoms with Gasteiger partial charge in [0.1, 0.15) is 12.1 Å². The van der Waals surface area contributed by atoms with E-state index in [2.05, 4.69) is 10.6 Å². The Balaban J connectivity index is 2.80. The van der Waals surface area contributed by atoms with E-state index in [1.165, 1.54) is 6.92 Å². The lowest BCUT2D eigenvalue weighted by atomic mass is 10.0. The molecular weight excluding hydrogens is 296 g/mol. The number of carbonyl (C=O) groups is 3. The lowest BCUT2D eigenvalue weighted by molar-refractivity contribution is -0.130. The van der Waals surface area contributed by atoms with Crippen LogP contribution in [0.3, 0.4) is 0 Å². The summed E-state index contributed by atoms with van der Waals surface area (Å²) >= 11 is 0. The van der Waals surface area contributed by atoms with Gasteiger partial charge in [0, 0.05) is 19.8 Å². The van der Waals surface area contributed by atoms with Gasteiger partial charge in [-0.15, -0.1) is 0 Å². The molecule has 0 radical (unpaired) electrons. The number of benzene rings is 1. The van der Waals surface area contributed by atoms with E-state index in [-0.39, 0.29) is 25.2 Å². The Morgan fingerprint density at radius 1 is 1.17 bits per heavy atom. The van der Waals surface area contributed by atoms with Crippen molar-refractivity contribution in [2.24, 2.45) is 5.73 Å². The van der Waals surface area contributed by atoms with Crippen LogP contribution < -0.4 is 16.4 Å². The zero-order valence-electron chi connectivity index (χ0n) is 12.9. The van der Waals surface area contributed by atoms with Crippen LogP contribution in [0.5, 0.6) is 0 Å². The Kier molecular flexibility index (Phi) is 7.27. The monoisotopic (exact) mass is 316 g/mol. The molecule has 7 heteroatoms. The average molecular weight is 316 g/mol. The fourth-order valence-corrected chi connectivity index (χ4v) is 2.07. The van der Waals surface area contributed by atoms with Crippen molar-refractivity contribution in [1.29, 1.82) is 5.26 Å². The molecule has 2 atom stereocenters. The number of hydrogen-bond donors (Lipinski definition) is 3. The summed E-state index contributed by atoms with van der Waals surface area (Å²) in [5.74, 6) is -1.57. The smallest absolute Gasteiger partial charge is 0.243 e. The molecule has 0 saturated carbocycles. The lowest BCUT2D eigenvalue weighted by Crippen LogP contribution is -2.53. The highest BCUT2D eigenvalue weighted by Crippen LogP contribution is 2.05. The molecule has 4 N–H and O–H groups in total. The topological polar surface area (TPSA) is 125 Å². The number of nitrogens with one attached hydrogen (secondary N) is 2. The van der Waals surface area contributed by atoms with Gasteiger partial charge < -0.3 is 16.4 Å². The Bertz CT molecular complexity index is 595. The van der Waals surface area contributed by atoms with Crippen molar-refractivity contribution in [2.45, 2.75) is 38.3 Å². The van der Waals surface area contributed by atoms with Crippen LogP contribution in [-0.2, 0) is 20.8 Å². The number of nitrogens with two attached hydrogens (primary N) is 1. The van der Waals surface area contributed by atoms with Gasteiger partial charge in [-0.3, -0.25) is 14.4 Å². The second-order valence-electron chi connectivity index (χ2n) is 5.10. The van der Waals surface area contributed by atoms with Gasteiger partial charge in [-0.2, -0.15) is 5.26 Å². The molecule has 1 aromatic carbocycles. The molecule has 0 aliphatic heterocycles. The Morgan fingerprint density at radius 3 is 2.35 bits per heavy atom. The van der Waals surface area contributed by atoms with Crippen LogP contribution in [-0.4, -0.2) is 29.8 Å². The van der Waals surface area contributed by atoms with E-state index < -0.39 is 23.9 Å². The van der Waals surface area contributed by atoms with Crippen molar-refractivity contribution in [3.8, 4) is 6.07 Å². The third-order valence-corrected chi connectivity index (χ3v) is 3.18. The number of rotatable bonds is 8. The second-order valence-corrected chi connectivity index (χ2v) is 5.10. The summed E-state index contributed by atoms with van der Waals surface area (Å²) in [6.07, 6.45) is 0.517. The third-order valence-electron chi connectivity index (χ3n) is 3.18. The highest BCUT2D eigenvalue weighted by Gasteiger charge is 2.24. The van der Waals surface area contributed by atoms with E-state index >= 15 is 0 Å². The Morgan fingerprint density at radius 2 is 1.83 bits per heavy atom. The maximum atomic E-state index is 12.3. The molecule has 0 bridgehead atoms. The maximum absolute atomic E-state index is 12.3. The molecule has 0 saturated heterocycles. The van der Waals surface area contributed by atoms with Crippen LogP contribution in [0.1, 0.15) is 25.3 Å². The first kappa shape index (κ1) is 18.2. The number of nitrogens with zero attached hydrogens (tertiary/aromatic N) is 1. The van der Waals surface area contributed by atoms with Crippen LogP contribution in [0.4, 0.5) is 0 Å². The molecule has 0 heterocycles. The van der Waals surface area contributed by atoms with Gasteiger partial charge in [0.15, 0.2) is 0 Å². The van der Waals surface area contributed by atoms with Crippen molar-refractivity contribution < 1.29 is 14.4 Å². The van der Waals surface area contributed by atoms with Crippen molar-refractivity contribution in [2.75, 3.05) is 0 Å². The SMILES string of the molecule is CC(=O)N[C@H](Cc1ccccc1)C(=O)N[C@@H](CCC#N)C(N)=O. The van der Waals surface area contributed by atoms with Crippen LogP contribution in [0.2, 0.25) is 0 Å². The van der Waals surface area contributed by atoms with Gasteiger partial charge in [0.25, 0.3) is 0 Å². The van der Waals surface area contributed by atoms with Crippen molar-refractivity contribution in [3.63, 3.8) is 0 Å². The fraction of sp³-hybridized carbons (Fsp3) is 0.375. The first-order valence-electron chi connectivity index (χ1n) is 7.21. The fourth-order valence-electron chi connectivity index (χ4n) is 2.07. The average Bonchev–Trinajstić information content (AvgIpc) is 2.50. The van der Waals surface area contributed by atoms with Gasteiger partial charge >= 0.3 is 0 Å². The van der Waals surface area contributed by atoms with Crippen molar-refractivity contribution in [1.82, 2.24) is 10.6 Å². The summed E-state index contributed by atoms with van der Waals surface area (Å²) in [4.78, 5) is 35.0. The predicted octanol–water partition coefficient (Wildman–Crippen LogP) is 0.00768. The summed E-state index contributed by atoms with van der Waals surface area (Å²) in [5, 5.41) is 13.6. The minimum Gasteiger partial charge on any atom is -0.368 e. The molecule has 7 nitrogen and oxygen atoms in total. The molecule has 122 valence electrons. The molecule has 0 aromatic heterocycles. The number of nitriles is 1. The maximum Gasteiger partial charge on any atom is 0.243 e. The van der Waals surface area contributed by atoms with E-state index in [0.29, 0.717) is 0 Å². The normalized spacial score (nSPS) is 12.5. The summed E-state index contributed by atoms with van der Waals surface area (Å²) in [6, 6.07) is 9.33. The van der Waals surface area contributed by atoms with Crippen molar-refractivity contribution in [3.05, 3.63) is 35.9 Å². The summed E-state index contributed by atoms with van der Waals surface area (Å²) in [6.45, 7) is 1.31. The molecule has 3 amide bonds. The van der Waals surface area contributed by atoms with Gasteiger partial charge in [-0.05, 0) is 12.0 Å². The van der Waals surface area contributed by atoms with E-state index in [1.54, 1.807) is 0 Å². The van der Waals surface area contributed by atoms with Crippen LogP contribution in [0, 0.1) is 11.3 Å². The summed E-state index contributed by atoms with van der Waals surface area (Å²) in [7, 11) is 0. The van der Waals surface area contributed by atoms with E-state index in [9.17, 15) is 14.4 Å². The molecule has 1 aromatic rings.